The molecule has 0 aliphatic heterocycles. The number of non-ortho nitro benzene ring substituents is 1. The lowest BCUT2D eigenvalue weighted by Crippen LogP contribution is -2.26. The van der Waals surface area contributed by atoms with Gasteiger partial charge in [-0.1, -0.05) is 0 Å². The fourth-order valence-electron chi connectivity index (χ4n) is 1.47. The number of nitrogens with one attached hydrogen (secondary N) is 1. The largest absolute Gasteiger partial charge is 0.349 e. The van der Waals surface area contributed by atoms with Crippen molar-refractivity contribution in [2.24, 2.45) is 0 Å². The van der Waals surface area contributed by atoms with Crippen molar-refractivity contribution in [2.75, 3.05) is 0 Å². The van der Waals surface area contributed by atoms with Gasteiger partial charge in [-0.25, -0.2) is 0 Å². The first-order valence-corrected chi connectivity index (χ1v) is 5.22. The van der Waals surface area contributed by atoms with Gasteiger partial charge in [-0.15, -0.1) is 0 Å². The Morgan fingerprint density at radius 2 is 1.89 bits per heavy atom. The summed E-state index contributed by atoms with van der Waals surface area (Å²) in [5.41, 5.74) is -1.12. The van der Waals surface area contributed by atoms with E-state index in [0.29, 0.717) is 0 Å². The molecular formula is C10H9N3O5. The molecule has 1 saturated carbocycles. The summed E-state index contributed by atoms with van der Waals surface area (Å²) in [6.45, 7) is 0. The normalized spacial score (nSPS) is 14.0. The van der Waals surface area contributed by atoms with Gasteiger partial charge in [0, 0.05) is 12.1 Å². The minimum Gasteiger partial charge on any atom is -0.349 e. The van der Waals surface area contributed by atoms with Gasteiger partial charge < -0.3 is 5.32 Å². The number of nitro groups is 2. The van der Waals surface area contributed by atoms with Gasteiger partial charge in [-0.3, -0.25) is 25.0 Å². The molecule has 2 rings (SSSR count). The van der Waals surface area contributed by atoms with Crippen molar-refractivity contribution in [1.82, 2.24) is 5.32 Å². The number of rotatable bonds is 4. The summed E-state index contributed by atoms with van der Waals surface area (Å²) < 4.78 is 0. The highest BCUT2D eigenvalue weighted by molar-refractivity contribution is 5.98. The predicted octanol–water partition coefficient (Wildman–Crippen LogP) is 1.40. The molecule has 8 heteroatoms. The zero-order valence-corrected chi connectivity index (χ0v) is 9.16. The van der Waals surface area contributed by atoms with Gasteiger partial charge in [0.2, 0.25) is 0 Å². The van der Waals surface area contributed by atoms with E-state index < -0.39 is 27.1 Å². The Hall–Kier alpha value is -2.51. The molecule has 0 spiro atoms. The molecule has 0 radical (unpaired) electrons. The van der Waals surface area contributed by atoms with E-state index in [1.165, 1.54) is 0 Å². The second kappa shape index (κ2) is 4.40. The van der Waals surface area contributed by atoms with E-state index >= 15 is 0 Å². The molecular weight excluding hydrogens is 242 g/mol. The van der Waals surface area contributed by atoms with E-state index in [9.17, 15) is 25.0 Å². The maximum absolute atomic E-state index is 11.7. The molecule has 1 aliphatic carbocycles. The highest BCUT2D eigenvalue weighted by Crippen LogP contribution is 2.26. The fraction of sp³-hybridized carbons (Fsp3) is 0.300. The second-order valence-corrected chi connectivity index (χ2v) is 3.96. The topological polar surface area (TPSA) is 115 Å². The highest BCUT2D eigenvalue weighted by Gasteiger charge is 2.28. The Bertz CT molecular complexity index is 538. The van der Waals surface area contributed by atoms with E-state index in [2.05, 4.69) is 5.32 Å². The average molecular weight is 251 g/mol. The zero-order chi connectivity index (χ0) is 13.3. The van der Waals surface area contributed by atoms with Gasteiger partial charge in [0.25, 0.3) is 17.3 Å². The molecule has 1 aromatic carbocycles. The Morgan fingerprint density at radius 3 is 2.39 bits per heavy atom. The quantitative estimate of drug-likeness (QED) is 0.641. The van der Waals surface area contributed by atoms with Crippen LogP contribution in [0.3, 0.4) is 0 Å². The third-order valence-corrected chi connectivity index (χ3v) is 2.55. The van der Waals surface area contributed by atoms with Crippen LogP contribution < -0.4 is 5.32 Å². The summed E-state index contributed by atoms with van der Waals surface area (Å²) in [6.07, 6.45) is 1.71. The molecule has 0 bridgehead atoms. The molecule has 1 amide bonds. The third kappa shape index (κ3) is 2.42. The monoisotopic (exact) mass is 251 g/mol. The van der Waals surface area contributed by atoms with Crippen LogP contribution in [-0.2, 0) is 0 Å². The van der Waals surface area contributed by atoms with Gasteiger partial charge >= 0.3 is 0 Å². The molecule has 0 atom stereocenters. The van der Waals surface area contributed by atoms with Crippen molar-refractivity contribution in [3.05, 3.63) is 44.0 Å². The molecule has 18 heavy (non-hydrogen) atoms. The summed E-state index contributed by atoms with van der Waals surface area (Å²) in [5, 5.41) is 23.9. The standard InChI is InChI=1S/C10H9N3O5/c14-10(11-6-1-2-6)8-4-3-7(12(15)16)5-9(8)13(17)18/h3-6H,1-2H2,(H,11,14). The number of hydrogen-bond donors (Lipinski definition) is 1. The first-order valence-electron chi connectivity index (χ1n) is 5.22. The molecule has 0 unspecified atom stereocenters. The first kappa shape index (κ1) is 12.0. The van der Waals surface area contributed by atoms with Gasteiger partial charge in [0.15, 0.2) is 0 Å². The SMILES string of the molecule is O=C(NC1CC1)c1ccc([N+](=O)[O-])cc1[N+](=O)[O-]. The lowest BCUT2D eigenvalue weighted by molar-refractivity contribution is -0.394. The molecule has 1 aliphatic rings. The van der Waals surface area contributed by atoms with Crippen molar-refractivity contribution in [3.63, 3.8) is 0 Å². The van der Waals surface area contributed by atoms with Gasteiger partial charge in [-0.05, 0) is 18.9 Å². The van der Waals surface area contributed by atoms with E-state index in [4.69, 9.17) is 0 Å². The van der Waals surface area contributed by atoms with Crippen LogP contribution in [0, 0.1) is 20.2 Å². The van der Waals surface area contributed by atoms with Crippen LogP contribution in [0.2, 0.25) is 0 Å². The minimum absolute atomic E-state index is 0.0623. The number of benzene rings is 1. The van der Waals surface area contributed by atoms with Gasteiger partial charge in [-0.2, -0.15) is 0 Å². The Balaban J connectivity index is 2.35. The van der Waals surface area contributed by atoms with Crippen LogP contribution in [0.1, 0.15) is 23.2 Å². The van der Waals surface area contributed by atoms with Crippen molar-refractivity contribution < 1.29 is 14.6 Å². The summed E-state index contributed by atoms with van der Waals surface area (Å²) in [4.78, 5) is 31.5. The predicted molar refractivity (Wildman–Crippen MR) is 60.2 cm³/mol. The van der Waals surface area contributed by atoms with Crippen LogP contribution in [0.4, 0.5) is 11.4 Å². The lowest BCUT2D eigenvalue weighted by Gasteiger charge is -2.03. The van der Waals surface area contributed by atoms with Crippen molar-refractivity contribution in [1.29, 1.82) is 0 Å². The molecule has 0 saturated heterocycles. The molecule has 0 aromatic heterocycles. The van der Waals surface area contributed by atoms with Crippen LogP contribution in [0.15, 0.2) is 18.2 Å². The number of nitrogens with zero attached hydrogens (tertiary/aromatic N) is 2. The summed E-state index contributed by atoms with van der Waals surface area (Å²) in [5.74, 6) is -0.570. The van der Waals surface area contributed by atoms with Crippen molar-refractivity contribution >= 4 is 17.3 Å². The maximum atomic E-state index is 11.7. The number of carbonyl (C=O) groups is 1. The van der Waals surface area contributed by atoms with Crippen LogP contribution >= 0.6 is 0 Å². The van der Waals surface area contributed by atoms with Gasteiger partial charge in [0.05, 0.1) is 15.9 Å². The van der Waals surface area contributed by atoms with Crippen molar-refractivity contribution in [3.8, 4) is 0 Å². The molecule has 1 N–H and O–H groups in total. The lowest BCUT2D eigenvalue weighted by atomic mass is 10.1. The number of carbonyl (C=O) groups excluding carboxylic acids is 1. The maximum Gasteiger partial charge on any atom is 0.289 e. The molecule has 1 aromatic rings. The van der Waals surface area contributed by atoms with Gasteiger partial charge in [0.1, 0.15) is 5.56 Å². The minimum atomic E-state index is -0.797. The first-order chi connectivity index (χ1) is 8.49. The Kier molecular flexibility index (Phi) is 2.92. The zero-order valence-electron chi connectivity index (χ0n) is 9.16. The van der Waals surface area contributed by atoms with Crippen LogP contribution in [0.5, 0.6) is 0 Å². The summed E-state index contributed by atoms with van der Waals surface area (Å²) >= 11 is 0. The smallest absolute Gasteiger partial charge is 0.289 e. The average Bonchev–Trinajstić information content (AvgIpc) is 3.11. The van der Waals surface area contributed by atoms with E-state index in [-0.39, 0.29) is 11.6 Å². The van der Waals surface area contributed by atoms with E-state index in [0.717, 1.165) is 31.0 Å². The van der Waals surface area contributed by atoms with E-state index in [1.54, 1.807) is 0 Å². The summed E-state index contributed by atoms with van der Waals surface area (Å²) in [7, 11) is 0. The highest BCUT2D eigenvalue weighted by atomic mass is 16.6. The van der Waals surface area contributed by atoms with E-state index in [1.807, 2.05) is 0 Å². The van der Waals surface area contributed by atoms with Crippen LogP contribution in [-0.4, -0.2) is 21.8 Å². The number of nitro benzene ring substituents is 2. The molecule has 1 fully saturated rings. The third-order valence-electron chi connectivity index (χ3n) is 2.55. The second-order valence-electron chi connectivity index (χ2n) is 3.96. The Labute approximate surface area is 101 Å². The molecule has 94 valence electrons. The molecule has 8 nitrogen and oxygen atoms in total. The van der Waals surface area contributed by atoms with Crippen molar-refractivity contribution in [2.45, 2.75) is 18.9 Å². The fourth-order valence-corrected chi connectivity index (χ4v) is 1.47. The Morgan fingerprint density at radius 1 is 1.22 bits per heavy atom. The summed E-state index contributed by atoms with van der Waals surface area (Å²) in [6, 6.07) is 3.04. The number of hydrogen-bond acceptors (Lipinski definition) is 5. The molecule has 0 heterocycles. The van der Waals surface area contributed by atoms with Crippen LogP contribution in [0.25, 0.3) is 0 Å². The number of amides is 1.